The lowest BCUT2D eigenvalue weighted by atomic mass is 10.0. The van der Waals surface area contributed by atoms with Crippen LogP contribution in [-0.2, 0) is 0 Å². The topological polar surface area (TPSA) is 28.2 Å². The van der Waals surface area contributed by atoms with Crippen molar-refractivity contribution < 1.29 is 0 Å². The summed E-state index contributed by atoms with van der Waals surface area (Å²) in [6.07, 6.45) is 5.38. The Morgan fingerprint density at radius 1 is 1.21 bits per heavy atom. The van der Waals surface area contributed by atoms with E-state index in [4.69, 9.17) is 0 Å². The normalized spacial score (nSPS) is 24.0. The Kier molecular flexibility index (Phi) is 2.93. The lowest BCUT2D eigenvalue weighted by molar-refractivity contribution is 0.420. The van der Waals surface area contributed by atoms with Gasteiger partial charge in [-0.1, -0.05) is 0 Å². The van der Waals surface area contributed by atoms with E-state index in [2.05, 4.69) is 33.4 Å². The van der Waals surface area contributed by atoms with Gasteiger partial charge in [-0.25, -0.2) is 4.98 Å². The number of piperidine rings is 1. The predicted octanol–water partition coefficient (Wildman–Crippen LogP) is 3.02. The van der Waals surface area contributed by atoms with E-state index >= 15 is 0 Å². The standard InChI is InChI=1S/C15H19N3S/c1-2-12(17-11-3-4-11)9-18(7-1)13-5-6-14-15(8-13)19-10-16-14/h5-6,8,10-12,17H,1-4,7,9H2. The number of hydrogen-bond acceptors (Lipinski definition) is 4. The Morgan fingerprint density at radius 3 is 3.05 bits per heavy atom. The van der Waals surface area contributed by atoms with E-state index in [9.17, 15) is 0 Å². The fourth-order valence-electron chi connectivity index (χ4n) is 2.97. The minimum atomic E-state index is 0.679. The molecule has 2 fully saturated rings. The second-order valence-electron chi connectivity index (χ2n) is 5.73. The molecule has 1 unspecified atom stereocenters. The van der Waals surface area contributed by atoms with Crippen molar-refractivity contribution in [1.29, 1.82) is 0 Å². The van der Waals surface area contributed by atoms with E-state index in [-0.39, 0.29) is 0 Å². The van der Waals surface area contributed by atoms with Crippen molar-refractivity contribution in [2.45, 2.75) is 37.8 Å². The summed E-state index contributed by atoms with van der Waals surface area (Å²) in [4.78, 5) is 6.89. The number of nitrogens with one attached hydrogen (secondary N) is 1. The zero-order valence-corrected chi connectivity index (χ0v) is 11.8. The van der Waals surface area contributed by atoms with Crippen LogP contribution in [0.1, 0.15) is 25.7 Å². The highest BCUT2D eigenvalue weighted by Gasteiger charge is 2.27. The molecule has 1 saturated carbocycles. The van der Waals surface area contributed by atoms with Crippen LogP contribution in [0.2, 0.25) is 0 Å². The maximum absolute atomic E-state index is 4.36. The molecule has 1 aromatic heterocycles. The van der Waals surface area contributed by atoms with Crippen molar-refractivity contribution in [3.8, 4) is 0 Å². The highest BCUT2D eigenvalue weighted by Crippen LogP contribution is 2.27. The largest absolute Gasteiger partial charge is 0.370 e. The molecule has 1 N–H and O–H groups in total. The molecule has 3 nitrogen and oxygen atoms in total. The van der Waals surface area contributed by atoms with Crippen LogP contribution in [0.5, 0.6) is 0 Å². The van der Waals surface area contributed by atoms with E-state index in [0.717, 1.165) is 18.1 Å². The van der Waals surface area contributed by atoms with Crippen molar-refractivity contribution >= 4 is 27.2 Å². The Balaban J connectivity index is 1.52. The number of benzene rings is 1. The van der Waals surface area contributed by atoms with E-state index in [0.29, 0.717) is 6.04 Å². The molecule has 0 radical (unpaired) electrons. The van der Waals surface area contributed by atoms with Gasteiger partial charge in [0.05, 0.1) is 15.7 Å². The third kappa shape index (κ3) is 2.47. The van der Waals surface area contributed by atoms with Crippen molar-refractivity contribution in [1.82, 2.24) is 10.3 Å². The molecule has 2 aliphatic rings. The van der Waals surface area contributed by atoms with Gasteiger partial charge in [-0.15, -0.1) is 11.3 Å². The van der Waals surface area contributed by atoms with E-state index in [1.165, 1.54) is 42.6 Å². The fraction of sp³-hybridized carbons (Fsp3) is 0.533. The van der Waals surface area contributed by atoms with Gasteiger partial charge in [-0.2, -0.15) is 0 Å². The average Bonchev–Trinajstić information content (AvgIpc) is 3.13. The Labute approximate surface area is 117 Å². The first-order valence-corrected chi connectivity index (χ1v) is 8.11. The first kappa shape index (κ1) is 11.7. The lowest BCUT2D eigenvalue weighted by Gasteiger charge is -2.35. The summed E-state index contributed by atoms with van der Waals surface area (Å²) in [5, 5.41) is 3.77. The van der Waals surface area contributed by atoms with Gasteiger partial charge in [-0.3, -0.25) is 0 Å². The first-order valence-electron chi connectivity index (χ1n) is 7.23. The summed E-state index contributed by atoms with van der Waals surface area (Å²) < 4.78 is 1.30. The van der Waals surface area contributed by atoms with Crippen LogP contribution < -0.4 is 10.2 Å². The molecular weight excluding hydrogens is 254 g/mol. The molecule has 0 spiro atoms. The van der Waals surface area contributed by atoms with Crippen molar-refractivity contribution in [2.24, 2.45) is 0 Å². The van der Waals surface area contributed by atoms with Gasteiger partial charge in [-0.05, 0) is 43.9 Å². The minimum absolute atomic E-state index is 0.679. The maximum Gasteiger partial charge on any atom is 0.0813 e. The molecule has 2 aromatic rings. The van der Waals surface area contributed by atoms with Gasteiger partial charge in [0.2, 0.25) is 0 Å². The summed E-state index contributed by atoms with van der Waals surface area (Å²) >= 11 is 1.73. The second kappa shape index (κ2) is 4.76. The second-order valence-corrected chi connectivity index (χ2v) is 6.62. The van der Waals surface area contributed by atoms with E-state index in [1.54, 1.807) is 11.3 Å². The maximum atomic E-state index is 4.36. The summed E-state index contributed by atoms with van der Waals surface area (Å²) in [7, 11) is 0. The number of fused-ring (bicyclic) bond motifs is 1. The molecule has 100 valence electrons. The van der Waals surface area contributed by atoms with Gasteiger partial charge in [0.15, 0.2) is 0 Å². The minimum Gasteiger partial charge on any atom is -0.370 e. The SMILES string of the molecule is c1nc2ccc(N3CCCC(NC4CC4)C3)cc2s1. The number of hydrogen-bond donors (Lipinski definition) is 1. The molecule has 1 aliphatic carbocycles. The number of rotatable bonds is 3. The van der Waals surface area contributed by atoms with Crippen LogP contribution >= 0.6 is 11.3 Å². The molecule has 2 heterocycles. The molecule has 0 amide bonds. The highest BCUT2D eigenvalue weighted by molar-refractivity contribution is 7.16. The van der Waals surface area contributed by atoms with Crippen molar-refractivity contribution in [3.63, 3.8) is 0 Å². The molecule has 0 bridgehead atoms. The number of aromatic nitrogens is 1. The lowest BCUT2D eigenvalue weighted by Crippen LogP contribution is -2.46. The monoisotopic (exact) mass is 273 g/mol. The van der Waals surface area contributed by atoms with Gasteiger partial charge >= 0.3 is 0 Å². The van der Waals surface area contributed by atoms with E-state index < -0.39 is 0 Å². The average molecular weight is 273 g/mol. The van der Waals surface area contributed by atoms with Gasteiger partial charge in [0.1, 0.15) is 0 Å². The third-order valence-electron chi connectivity index (χ3n) is 4.15. The van der Waals surface area contributed by atoms with Crippen LogP contribution in [-0.4, -0.2) is 30.2 Å². The van der Waals surface area contributed by atoms with Crippen LogP contribution in [0.3, 0.4) is 0 Å². The zero-order valence-electron chi connectivity index (χ0n) is 11.0. The molecule has 1 aromatic carbocycles. The van der Waals surface area contributed by atoms with Crippen LogP contribution in [0.15, 0.2) is 23.7 Å². The Bertz CT molecular complexity index is 576. The quantitative estimate of drug-likeness (QED) is 0.931. The highest BCUT2D eigenvalue weighted by atomic mass is 32.1. The molecule has 4 rings (SSSR count). The van der Waals surface area contributed by atoms with Gasteiger partial charge in [0, 0.05) is 30.9 Å². The predicted molar refractivity (Wildman–Crippen MR) is 81.0 cm³/mol. The molecule has 1 aliphatic heterocycles. The zero-order chi connectivity index (χ0) is 12.7. The number of anilines is 1. The Morgan fingerprint density at radius 2 is 2.16 bits per heavy atom. The number of thiazole rings is 1. The summed E-state index contributed by atoms with van der Waals surface area (Å²) in [5.74, 6) is 0. The number of nitrogens with zero attached hydrogens (tertiary/aromatic N) is 2. The third-order valence-corrected chi connectivity index (χ3v) is 4.94. The molecular formula is C15H19N3S. The van der Waals surface area contributed by atoms with Gasteiger partial charge < -0.3 is 10.2 Å². The smallest absolute Gasteiger partial charge is 0.0813 e. The summed E-state index contributed by atoms with van der Waals surface area (Å²) in [6.45, 7) is 2.34. The first-order chi connectivity index (χ1) is 9.38. The van der Waals surface area contributed by atoms with Crippen molar-refractivity contribution in [2.75, 3.05) is 18.0 Å². The molecule has 4 heteroatoms. The Hall–Kier alpha value is -1.13. The molecule has 1 atom stereocenters. The summed E-state index contributed by atoms with van der Waals surface area (Å²) in [6, 6.07) is 8.17. The van der Waals surface area contributed by atoms with Crippen LogP contribution in [0.25, 0.3) is 10.2 Å². The molecule has 1 saturated heterocycles. The van der Waals surface area contributed by atoms with Gasteiger partial charge in [0.25, 0.3) is 0 Å². The molecule has 19 heavy (non-hydrogen) atoms. The fourth-order valence-corrected chi connectivity index (χ4v) is 3.68. The summed E-state index contributed by atoms with van der Waals surface area (Å²) in [5.41, 5.74) is 4.42. The van der Waals surface area contributed by atoms with E-state index in [1.807, 2.05) is 5.51 Å². The van der Waals surface area contributed by atoms with Crippen molar-refractivity contribution in [3.05, 3.63) is 23.7 Å². The van der Waals surface area contributed by atoms with Crippen LogP contribution in [0, 0.1) is 0 Å². The van der Waals surface area contributed by atoms with Crippen LogP contribution in [0.4, 0.5) is 5.69 Å².